The Hall–Kier alpha value is -2.82. The van der Waals surface area contributed by atoms with Crippen LogP contribution >= 0.6 is 0 Å². The van der Waals surface area contributed by atoms with Gasteiger partial charge in [0.25, 0.3) is 0 Å². The van der Waals surface area contributed by atoms with Gasteiger partial charge >= 0.3 is 12.0 Å². The highest BCUT2D eigenvalue weighted by molar-refractivity contribution is 5.92. The number of urea groups is 1. The van der Waals surface area contributed by atoms with Crippen LogP contribution in [0.5, 0.6) is 0 Å². The van der Waals surface area contributed by atoms with Crippen LogP contribution in [0.15, 0.2) is 54.6 Å². The molecule has 0 aliphatic heterocycles. The topological polar surface area (TPSA) is 58.6 Å². The van der Waals surface area contributed by atoms with Gasteiger partial charge in [0, 0.05) is 19.3 Å². The van der Waals surface area contributed by atoms with Gasteiger partial charge in [0.1, 0.15) is 0 Å². The monoisotopic (exact) mass is 340 g/mol. The average Bonchev–Trinajstić information content (AvgIpc) is 2.63. The number of rotatable bonds is 7. The van der Waals surface area contributed by atoms with Gasteiger partial charge in [0.2, 0.25) is 0 Å². The van der Waals surface area contributed by atoms with Crippen LogP contribution < -0.4 is 5.32 Å². The summed E-state index contributed by atoms with van der Waals surface area (Å²) in [6.07, 6.45) is 1.84. The third-order valence-corrected chi connectivity index (χ3v) is 3.80. The first-order chi connectivity index (χ1) is 12.1. The molecule has 5 heteroatoms. The van der Waals surface area contributed by atoms with Gasteiger partial charge in [0.15, 0.2) is 0 Å². The minimum atomic E-state index is -0.363. The van der Waals surface area contributed by atoms with Gasteiger partial charge in [0.05, 0.1) is 12.2 Å². The lowest BCUT2D eigenvalue weighted by molar-refractivity contribution is 0.0526. The molecule has 2 aromatic carbocycles. The third kappa shape index (κ3) is 5.95. The predicted molar refractivity (Wildman–Crippen MR) is 98.8 cm³/mol. The molecule has 2 aromatic rings. The first-order valence-electron chi connectivity index (χ1n) is 8.43. The molecule has 25 heavy (non-hydrogen) atoms. The van der Waals surface area contributed by atoms with E-state index >= 15 is 0 Å². The van der Waals surface area contributed by atoms with Gasteiger partial charge in [-0.1, -0.05) is 30.3 Å². The van der Waals surface area contributed by atoms with Crippen molar-refractivity contribution in [2.75, 3.05) is 25.5 Å². The molecule has 0 unspecified atom stereocenters. The number of benzene rings is 2. The number of hydrogen-bond donors (Lipinski definition) is 1. The second-order valence-corrected chi connectivity index (χ2v) is 5.74. The van der Waals surface area contributed by atoms with Crippen LogP contribution in [0, 0.1) is 0 Å². The molecule has 5 nitrogen and oxygen atoms in total. The number of anilines is 1. The van der Waals surface area contributed by atoms with Gasteiger partial charge in [-0.3, -0.25) is 0 Å². The van der Waals surface area contributed by atoms with Crippen molar-refractivity contribution in [3.05, 3.63) is 65.7 Å². The van der Waals surface area contributed by atoms with E-state index in [1.54, 1.807) is 43.1 Å². The van der Waals surface area contributed by atoms with E-state index in [9.17, 15) is 9.59 Å². The van der Waals surface area contributed by atoms with Crippen LogP contribution in [-0.4, -0.2) is 37.1 Å². The van der Waals surface area contributed by atoms with Crippen molar-refractivity contribution in [1.29, 1.82) is 0 Å². The standard InChI is InChI=1S/C20H24N2O3/c1-3-25-19(23)17-11-13-18(14-12-17)21-20(24)22(2)15-7-10-16-8-5-4-6-9-16/h4-6,8-9,11-14H,3,7,10,15H2,1-2H3,(H,21,24). The lowest BCUT2D eigenvalue weighted by Crippen LogP contribution is -2.32. The summed E-state index contributed by atoms with van der Waals surface area (Å²) in [5.41, 5.74) is 2.38. The van der Waals surface area contributed by atoms with E-state index in [1.165, 1.54) is 5.56 Å². The summed E-state index contributed by atoms with van der Waals surface area (Å²) < 4.78 is 4.93. The SMILES string of the molecule is CCOC(=O)c1ccc(NC(=O)N(C)CCCc2ccccc2)cc1. The Morgan fingerprint density at radius 2 is 1.72 bits per heavy atom. The molecule has 0 aliphatic carbocycles. The van der Waals surface area contributed by atoms with E-state index < -0.39 is 0 Å². The normalized spacial score (nSPS) is 10.2. The minimum absolute atomic E-state index is 0.169. The summed E-state index contributed by atoms with van der Waals surface area (Å²) in [6.45, 7) is 2.77. The molecule has 0 aliphatic rings. The van der Waals surface area contributed by atoms with Crippen LogP contribution in [0.25, 0.3) is 0 Å². The Labute approximate surface area is 148 Å². The molecule has 0 heterocycles. The molecule has 0 fully saturated rings. The number of nitrogens with zero attached hydrogens (tertiary/aromatic N) is 1. The van der Waals surface area contributed by atoms with Crippen molar-refractivity contribution < 1.29 is 14.3 Å². The fraction of sp³-hybridized carbons (Fsp3) is 0.300. The highest BCUT2D eigenvalue weighted by atomic mass is 16.5. The summed E-state index contributed by atoms with van der Waals surface area (Å²) in [6, 6.07) is 16.7. The zero-order chi connectivity index (χ0) is 18.1. The zero-order valence-electron chi connectivity index (χ0n) is 14.7. The molecule has 0 saturated heterocycles. The quantitative estimate of drug-likeness (QED) is 0.776. The lowest BCUT2D eigenvalue weighted by Gasteiger charge is -2.18. The first kappa shape index (κ1) is 18.5. The van der Waals surface area contributed by atoms with Gasteiger partial charge in [-0.2, -0.15) is 0 Å². The molecule has 0 spiro atoms. The van der Waals surface area contributed by atoms with E-state index in [1.807, 2.05) is 18.2 Å². The number of esters is 1. The van der Waals surface area contributed by atoms with E-state index in [4.69, 9.17) is 4.74 Å². The molecule has 0 saturated carbocycles. The molecule has 0 radical (unpaired) electrons. The molecule has 0 bridgehead atoms. The molecule has 132 valence electrons. The van der Waals surface area contributed by atoms with Crippen LogP contribution in [-0.2, 0) is 11.2 Å². The van der Waals surface area contributed by atoms with Crippen LogP contribution in [0.4, 0.5) is 10.5 Å². The van der Waals surface area contributed by atoms with Crippen molar-refractivity contribution in [3.63, 3.8) is 0 Å². The number of ether oxygens (including phenoxy) is 1. The largest absolute Gasteiger partial charge is 0.462 e. The number of nitrogens with one attached hydrogen (secondary N) is 1. The second kappa shape index (κ2) is 9.47. The van der Waals surface area contributed by atoms with Crippen LogP contribution in [0.3, 0.4) is 0 Å². The summed E-state index contributed by atoms with van der Waals surface area (Å²) in [5, 5.41) is 2.82. The summed E-state index contributed by atoms with van der Waals surface area (Å²) in [7, 11) is 1.77. The number of carbonyl (C=O) groups excluding carboxylic acids is 2. The van der Waals surface area contributed by atoms with E-state index in [2.05, 4.69) is 17.4 Å². The Bertz CT molecular complexity index is 684. The maximum absolute atomic E-state index is 12.2. The van der Waals surface area contributed by atoms with Crippen LogP contribution in [0.1, 0.15) is 29.3 Å². The average molecular weight is 340 g/mol. The molecule has 2 rings (SSSR count). The lowest BCUT2D eigenvalue weighted by atomic mass is 10.1. The molecule has 2 amide bonds. The van der Waals surface area contributed by atoms with Crippen molar-refractivity contribution >= 4 is 17.7 Å². The zero-order valence-corrected chi connectivity index (χ0v) is 14.7. The number of hydrogen-bond acceptors (Lipinski definition) is 3. The van der Waals surface area contributed by atoms with E-state index in [-0.39, 0.29) is 12.0 Å². The highest BCUT2D eigenvalue weighted by Crippen LogP contribution is 2.11. The fourth-order valence-electron chi connectivity index (χ4n) is 2.39. The van der Waals surface area contributed by atoms with E-state index in [0.29, 0.717) is 24.4 Å². The number of amides is 2. The van der Waals surface area contributed by atoms with Crippen LogP contribution in [0.2, 0.25) is 0 Å². The molecule has 1 N–H and O–H groups in total. The second-order valence-electron chi connectivity index (χ2n) is 5.74. The molecular formula is C20H24N2O3. The Kier molecular flexibility index (Phi) is 7.01. The van der Waals surface area contributed by atoms with E-state index in [0.717, 1.165) is 12.8 Å². The number of carbonyl (C=O) groups is 2. The van der Waals surface area contributed by atoms with Gasteiger partial charge in [-0.15, -0.1) is 0 Å². The maximum atomic E-state index is 12.2. The van der Waals surface area contributed by atoms with Gasteiger partial charge in [-0.05, 0) is 49.6 Å². The maximum Gasteiger partial charge on any atom is 0.338 e. The number of aryl methyl sites for hydroxylation is 1. The van der Waals surface area contributed by atoms with Crippen molar-refractivity contribution in [2.24, 2.45) is 0 Å². The molecule has 0 aromatic heterocycles. The van der Waals surface area contributed by atoms with Gasteiger partial charge < -0.3 is 15.0 Å². The van der Waals surface area contributed by atoms with Crippen molar-refractivity contribution in [2.45, 2.75) is 19.8 Å². The first-order valence-corrected chi connectivity index (χ1v) is 8.43. The summed E-state index contributed by atoms with van der Waals surface area (Å²) >= 11 is 0. The fourth-order valence-corrected chi connectivity index (χ4v) is 2.39. The Morgan fingerprint density at radius 3 is 2.36 bits per heavy atom. The van der Waals surface area contributed by atoms with Gasteiger partial charge in [-0.25, -0.2) is 9.59 Å². The molecular weight excluding hydrogens is 316 g/mol. The summed E-state index contributed by atoms with van der Waals surface area (Å²) in [5.74, 6) is -0.363. The highest BCUT2D eigenvalue weighted by Gasteiger charge is 2.10. The van der Waals surface area contributed by atoms with Crippen molar-refractivity contribution in [3.8, 4) is 0 Å². The third-order valence-electron chi connectivity index (χ3n) is 3.80. The summed E-state index contributed by atoms with van der Waals surface area (Å²) in [4.78, 5) is 25.5. The smallest absolute Gasteiger partial charge is 0.338 e. The predicted octanol–water partition coefficient (Wildman–Crippen LogP) is 3.96. The minimum Gasteiger partial charge on any atom is -0.462 e. The Balaban J connectivity index is 1.79. The molecule has 0 atom stereocenters. The van der Waals surface area contributed by atoms with Crippen molar-refractivity contribution in [1.82, 2.24) is 4.90 Å². The Morgan fingerprint density at radius 1 is 1.04 bits per heavy atom.